The molecular formula is C13H15N5. The third-order valence-electron chi connectivity index (χ3n) is 3.07. The summed E-state index contributed by atoms with van der Waals surface area (Å²) in [6.45, 7) is 0.773. The molecule has 0 fully saturated rings. The number of aromatic nitrogens is 4. The summed E-state index contributed by atoms with van der Waals surface area (Å²) < 4.78 is 2.01. The van der Waals surface area contributed by atoms with Gasteiger partial charge >= 0.3 is 0 Å². The van der Waals surface area contributed by atoms with E-state index in [0.29, 0.717) is 0 Å². The summed E-state index contributed by atoms with van der Waals surface area (Å²) >= 11 is 0. The molecule has 0 bridgehead atoms. The number of rotatable bonds is 3. The van der Waals surface area contributed by atoms with Crippen LogP contribution in [0.25, 0.3) is 22.3 Å². The van der Waals surface area contributed by atoms with Crippen molar-refractivity contribution in [3.63, 3.8) is 0 Å². The summed E-state index contributed by atoms with van der Waals surface area (Å²) in [5.74, 6) is 0. The van der Waals surface area contributed by atoms with Crippen molar-refractivity contribution in [2.24, 2.45) is 7.05 Å². The van der Waals surface area contributed by atoms with Gasteiger partial charge in [0, 0.05) is 19.2 Å². The summed E-state index contributed by atoms with van der Waals surface area (Å²) in [4.78, 5) is 11.9. The zero-order valence-electron chi connectivity index (χ0n) is 10.4. The predicted octanol–water partition coefficient (Wildman–Crippen LogP) is 1.68. The van der Waals surface area contributed by atoms with Gasteiger partial charge in [-0.3, -0.25) is 0 Å². The molecule has 18 heavy (non-hydrogen) atoms. The maximum atomic E-state index is 4.39. The van der Waals surface area contributed by atoms with Crippen LogP contribution in [0.5, 0.6) is 0 Å². The minimum absolute atomic E-state index is 0.773. The van der Waals surface area contributed by atoms with E-state index in [0.717, 1.165) is 34.5 Å². The van der Waals surface area contributed by atoms with Crippen LogP contribution in [0.2, 0.25) is 0 Å². The first-order valence-corrected chi connectivity index (χ1v) is 5.88. The zero-order chi connectivity index (χ0) is 12.5. The lowest BCUT2D eigenvalue weighted by molar-refractivity contribution is 0.798. The molecule has 0 amide bonds. The number of aryl methyl sites for hydroxylation is 1. The molecule has 2 N–H and O–H groups in total. The molecule has 0 atom stereocenters. The summed E-state index contributed by atoms with van der Waals surface area (Å²) in [5, 5.41) is 3.13. The van der Waals surface area contributed by atoms with Crippen molar-refractivity contribution in [3.8, 4) is 11.3 Å². The van der Waals surface area contributed by atoms with Gasteiger partial charge in [-0.05, 0) is 19.2 Å². The van der Waals surface area contributed by atoms with Crippen molar-refractivity contribution < 1.29 is 0 Å². The molecule has 5 nitrogen and oxygen atoms in total. The Morgan fingerprint density at radius 2 is 2.22 bits per heavy atom. The molecule has 0 aliphatic heterocycles. The van der Waals surface area contributed by atoms with Gasteiger partial charge in [-0.25, -0.2) is 9.97 Å². The highest BCUT2D eigenvalue weighted by Crippen LogP contribution is 2.24. The summed E-state index contributed by atoms with van der Waals surface area (Å²) in [6.07, 6.45) is 3.55. The first-order chi connectivity index (χ1) is 8.79. The van der Waals surface area contributed by atoms with E-state index in [2.05, 4.69) is 38.5 Å². The highest BCUT2D eigenvalue weighted by atomic mass is 15.0. The van der Waals surface area contributed by atoms with E-state index in [1.807, 2.05) is 25.0 Å². The maximum absolute atomic E-state index is 4.39. The van der Waals surface area contributed by atoms with Crippen molar-refractivity contribution in [2.75, 3.05) is 7.05 Å². The Kier molecular flexibility index (Phi) is 2.60. The van der Waals surface area contributed by atoms with Gasteiger partial charge in [-0.15, -0.1) is 0 Å². The van der Waals surface area contributed by atoms with Gasteiger partial charge in [0.1, 0.15) is 0 Å². The number of H-pyrrole nitrogens is 1. The van der Waals surface area contributed by atoms with Crippen molar-refractivity contribution in [1.29, 1.82) is 0 Å². The fourth-order valence-corrected chi connectivity index (χ4v) is 2.16. The van der Waals surface area contributed by atoms with Crippen LogP contribution in [0.15, 0.2) is 30.9 Å². The number of aromatic amines is 1. The fourth-order valence-electron chi connectivity index (χ4n) is 2.16. The van der Waals surface area contributed by atoms with Crippen LogP contribution in [-0.4, -0.2) is 26.6 Å². The molecule has 3 rings (SSSR count). The van der Waals surface area contributed by atoms with E-state index in [9.17, 15) is 0 Å². The molecule has 1 aromatic carbocycles. The van der Waals surface area contributed by atoms with Gasteiger partial charge in [-0.2, -0.15) is 0 Å². The third-order valence-corrected chi connectivity index (χ3v) is 3.07. The lowest BCUT2D eigenvalue weighted by atomic mass is 10.1. The Labute approximate surface area is 105 Å². The lowest BCUT2D eigenvalue weighted by Gasteiger charge is -2.03. The fraction of sp³-hybridized carbons (Fsp3) is 0.231. The highest BCUT2D eigenvalue weighted by Gasteiger charge is 2.09. The number of imidazole rings is 2. The molecule has 92 valence electrons. The second-order valence-electron chi connectivity index (χ2n) is 4.32. The van der Waals surface area contributed by atoms with E-state index in [1.165, 1.54) is 0 Å². The van der Waals surface area contributed by atoms with Crippen molar-refractivity contribution in [1.82, 2.24) is 24.8 Å². The van der Waals surface area contributed by atoms with E-state index in [1.54, 1.807) is 6.33 Å². The molecule has 0 radical (unpaired) electrons. The van der Waals surface area contributed by atoms with Gasteiger partial charge in [0.15, 0.2) is 0 Å². The van der Waals surface area contributed by atoms with Gasteiger partial charge in [0.25, 0.3) is 0 Å². The third kappa shape index (κ3) is 1.69. The largest absolute Gasteiger partial charge is 0.347 e. The Morgan fingerprint density at radius 3 is 3.06 bits per heavy atom. The minimum atomic E-state index is 0.773. The molecule has 0 saturated carbocycles. The zero-order valence-corrected chi connectivity index (χ0v) is 10.4. The number of hydrogen-bond donors (Lipinski definition) is 2. The lowest BCUT2D eigenvalue weighted by Crippen LogP contribution is -2.06. The van der Waals surface area contributed by atoms with E-state index in [4.69, 9.17) is 0 Å². The smallest absolute Gasteiger partial charge is 0.0955 e. The van der Waals surface area contributed by atoms with Gasteiger partial charge < -0.3 is 14.9 Å². The normalized spacial score (nSPS) is 11.2. The van der Waals surface area contributed by atoms with Crippen molar-refractivity contribution >= 4 is 11.0 Å². The molecule has 3 aromatic rings. The van der Waals surface area contributed by atoms with Crippen LogP contribution in [-0.2, 0) is 13.6 Å². The van der Waals surface area contributed by atoms with Crippen LogP contribution in [0, 0.1) is 0 Å². The first kappa shape index (κ1) is 11.0. The predicted molar refractivity (Wildman–Crippen MR) is 71.1 cm³/mol. The van der Waals surface area contributed by atoms with Crippen LogP contribution < -0.4 is 5.32 Å². The quantitative estimate of drug-likeness (QED) is 0.733. The minimum Gasteiger partial charge on any atom is -0.347 e. The van der Waals surface area contributed by atoms with Crippen LogP contribution in [0.4, 0.5) is 0 Å². The van der Waals surface area contributed by atoms with E-state index < -0.39 is 0 Å². The Bertz CT molecular complexity index is 680. The Hall–Kier alpha value is -2.14. The topological polar surface area (TPSA) is 58.5 Å². The number of hydrogen-bond acceptors (Lipinski definition) is 3. The standard InChI is InChI=1S/C13H15N5/c1-14-6-11-13(16-7-15-11)9-3-4-12-10(5-9)17-8-18(12)2/h3-5,7-8,14H,6H2,1-2H3,(H,15,16). The number of nitrogens with one attached hydrogen (secondary N) is 2. The van der Waals surface area contributed by atoms with Crippen molar-refractivity contribution in [2.45, 2.75) is 6.54 Å². The second-order valence-corrected chi connectivity index (χ2v) is 4.32. The molecule has 0 aliphatic rings. The number of benzene rings is 1. The average molecular weight is 241 g/mol. The SMILES string of the molecule is CNCc1[nH]cnc1-c1ccc2c(c1)ncn2C. The molecule has 0 spiro atoms. The Balaban J connectivity index is 2.10. The van der Waals surface area contributed by atoms with Gasteiger partial charge in [0.05, 0.1) is 35.1 Å². The first-order valence-electron chi connectivity index (χ1n) is 5.88. The van der Waals surface area contributed by atoms with E-state index >= 15 is 0 Å². The molecule has 2 aromatic heterocycles. The maximum Gasteiger partial charge on any atom is 0.0955 e. The average Bonchev–Trinajstić information content (AvgIpc) is 2.97. The Morgan fingerprint density at radius 1 is 1.33 bits per heavy atom. The summed E-state index contributed by atoms with van der Waals surface area (Å²) in [5.41, 5.74) is 5.29. The second kappa shape index (κ2) is 4.27. The molecule has 0 aliphatic carbocycles. The van der Waals surface area contributed by atoms with Gasteiger partial charge in [0.2, 0.25) is 0 Å². The summed E-state index contributed by atoms with van der Waals surface area (Å²) in [6, 6.07) is 6.24. The van der Waals surface area contributed by atoms with E-state index in [-0.39, 0.29) is 0 Å². The molecule has 0 unspecified atom stereocenters. The monoisotopic (exact) mass is 241 g/mol. The van der Waals surface area contributed by atoms with Gasteiger partial charge in [-0.1, -0.05) is 6.07 Å². The van der Waals surface area contributed by atoms with Crippen LogP contribution in [0.3, 0.4) is 0 Å². The van der Waals surface area contributed by atoms with Crippen molar-refractivity contribution in [3.05, 3.63) is 36.5 Å². The van der Waals surface area contributed by atoms with Crippen LogP contribution >= 0.6 is 0 Å². The molecular weight excluding hydrogens is 226 g/mol. The molecule has 0 saturated heterocycles. The summed E-state index contributed by atoms with van der Waals surface area (Å²) in [7, 11) is 3.92. The number of fused-ring (bicyclic) bond motifs is 1. The van der Waals surface area contributed by atoms with Crippen LogP contribution in [0.1, 0.15) is 5.69 Å². The molecule has 5 heteroatoms. The molecule has 2 heterocycles. The highest BCUT2D eigenvalue weighted by molar-refractivity contribution is 5.81. The number of nitrogens with zero attached hydrogens (tertiary/aromatic N) is 3.